The lowest BCUT2D eigenvalue weighted by Gasteiger charge is -2.21. The van der Waals surface area contributed by atoms with E-state index in [1.165, 1.54) is 135 Å². The van der Waals surface area contributed by atoms with Gasteiger partial charge in [0.15, 0.2) is 12.2 Å². The Labute approximate surface area is 567 Å². The number of aliphatic hydroxyl groups excluding tert-OH is 1. The maximum atomic E-state index is 13.0. The zero-order valence-corrected chi connectivity index (χ0v) is 62.0. The van der Waals surface area contributed by atoms with Crippen molar-refractivity contribution in [2.24, 2.45) is 17.8 Å². The number of phosphoric acid groups is 2. The third-order valence-electron chi connectivity index (χ3n) is 17.2. The largest absolute Gasteiger partial charge is 0.472 e. The van der Waals surface area contributed by atoms with E-state index >= 15 is 0 Å². The summed E-state index contributed by atoms with van der Waals surface area (Å²) in [6.07, 6.45) is 52.2. The minimum atomic E-state index is -4.96. The fourth-order valence-electron chi connectivity index (χ4n) is 10.6. The fraction of sp³-hybridized carbons (Fsp3) is 0.892. The number of esters is 4. The molecule has 19 heteroatoms. The van der Waals surface area contributed by atoms with Crippen molar-refractivity contribution in [3.05, 3.63) is 24.3 Å². The molecule has 0 aromatic heterocycles. The topological polar surface area (TPSA) is 237 Å². The van der Waals surface area contributed by atoms with Crippen LogP contribution in [0.5, 0.6) is 0 Å². The highest BCUT2D eigenvalue weighted by Crippen LogP contribution is 2.45. The molecule has 0 aromatic carbocycles. The second-order valence-electron chi connectivity index (χ2n) is 27.0. The Morgan fingerprint density at radius 1 is 0.355 bits per heavy atom. The average Bonchev–Trinajstić information content (AvgIpc) is 2.57. The van der Waals surface area contributed by atoms with Gasteiger partial charge in [0.25, 0.3) is 0 Å². The molecule has 0 bridgehead atoms. The molecule has 0 rings (SSSR count). The Morgan fingerprint density at radius 3 is 0.957 bits per heavy atom. The van der Waals surface area contributed by atoms with Gasteiger partial charge >= 0.3 is 39.5 Å². The standard InChI is InChI=1S/C74H140O17P2/c1-8-11-12-13-14-15-16-17-19-23-26-29-32-43-50-57-73(78)90-69(61-84-71(76)55-48-41-36-34-39-46-53-66(6)9-2)63-88-92(80,81)86-59-68(75)60-87-93(82,83)89-64-70(62-85-72(77)56-49-42-37-35-40-47-54-67(7)10-3)91-74(79)58-51-44-33-30-27-24-21-18-20-22-25-28-31-38-45-52-65(4)5/h15-17,19,65-70,75H,8-14,18,20-64H2,1-7H3,(H,80,81)(H,82,83)/b16-15-,19-17-/t66?,67?,68-,69+,70+/m0/s1. The predicted molar refractivity (Wildman–Crippen MR) is 377 cm³/mol. The molecule has 0 fully saturated rings. The molecule has 4 unspecified atom stereocenters. The van der Waals surface area contributed by atoms with Crippen molar-refractivity contribution < 1.29 is 80.2 Å². The molecule has 0 aliphatic carbocycles. The van der Waals surface area contributed by atoms with Crippen molar-refractivity contribution in [2.75, 3.05) is 39.6 Å². The van der Waals surface area contributed by atoms with Crippen LogP contribution >= 0.6 is 15.6 Å². The van der Waals surface area contributed by atoms with Crippen LogP contribution in [0.15, 0.2) is 24.3 Å². The first-order valence-corrected chi connectivity index (χ1v) is 40.7. The summed E-state index contributed by atoms with van der Waals surface area (Å²) in [5, 5.41) is 10.6. The first-order valence-electron chi connectivity index (χ1n) is 37.7. The van der Waals surface area contributed by atoms with Crippen LogP contribution < -0.4 is 0 Å². The first-order chi connectivity index (χ1) is 44.8. The number of hydrogen-bond donors (Lipinski definition) is 3. The SMILES string of the molecule is CCCCCC/C=C\C=C/CCCCCCCC(=O)O[C@H](COC(=O)CCCCCCCCC(C)CC)COP(=O)(O)OC[C@H](O)COP(=O)(O)OC[C@@H](COC(=O)CCCCCCCCC(C)CC)OC(=O)CCCCCCCCCCCCCCCCCC(C)C. The first kappa shape index (κ1) is 90.5. The van der Waals surface area contributed by atoms with E-state index in [0.29, 0.717) is 25.7 Å². The van der Waals surface area contributed by atoms with Gasteiger partial charge in [-0.15, -0.1) is 0 Å². The lowest BCUT2D eigenvalue weighted by atomic mass is 10.00. The monoisotopic (exact) mass is 1360 g/mol. The molecular formula is C74H140O17P2. The van der Waals surface area contributed by atoms with Crippen molar-refractivity contribution in [3.63, 3.8) is 0 Å². The van der Waals surface area contributed by atoms with Crippen LogP contribution in [0.25, 0.3) is 0 Å². The van der Waals surface area contributed by atoms with Gasteiger partial charge in [0, 0.05) is 25.7 Å². The van der Waals surface area contributed by atoms with Crippen LogP contribution in [0.1, 0.15) is 350 Å². The summed E-state index contributed by atoms with van der Waals surface area (Å²) in [6.45, 7) is 11.8. The maximum Gasteiger partial charge on any atom is 0.472 e. The predicted octanol–water partition coefficient (Wildman–Crippen LogP) is 21.0. The number of unbranched alkanes of at least 4 members (excludes halogenated alkanes) is 33. The van der Waals surface area contributed by atoms with Crippen molar-refractivity contribution in [2.45, 2.75) is 369 Å². The minimum absolute atomic E-state index is 0.0837. The Balaban J connectivity index is 5.26. The van der Waals surface area contributed by atoms with Gasteiger partial charge in [-0.05, 0) is 69.1 Å². The number of carbonyl (C=O) groups is 4. The molecular weight excluding hydrogens is 1220 g/mol. The van der Waals surface area contributed by atoms with Crippen LogP contribution in [-0.2, 0) is 65.4 Å². The molecule has 0 amide bonds. The lowest BCUT2D eigenvalue weighted by molar-refractivity contribution is -0.161. The number of hydrogen-bond acceptors (Lipinski definition) is 15. The Kier molecular flexibility index (Phi) is 62.5. The number of ether oxygens (including phenoxy) is 4. The summed E-state index contributed by atoms with van der Waals surface area (Å²) >= 11 is 0. The molecule has 17 nitrogen and oxygen atoms in total. The molecule has 0 saturated carbocycles. The number of carbonyl (C=O) groups excluding carboxylic acids is 4. The quantitative estimate of drug-likeness (QED) is 0.0169. The third kappa shape index (κ3) is 65.3. The van der Waals surface area contributed by atoms with E-state index in [2.05, 4.69) is 72.8 Å². The second kappa shape index (κ2) is 64.2. The average molecular weight is 1360 g/mol. The van der Waals surface area contributed by atoms with E-state index in [4.69, 9.17) is 37.0 Å². The zero-order chi connectivity index (χ0) is 68.7. The highest BCUT2D eigenvalue weighted by molar-refractivity contribution is 7.47. The summed E-state index contributed by atoms with van der Waals surface area (Å²) in [5.41, 5.74) is 0. The van der Waals surface area contributed by atoms with E-state index in [1.54, 1.807) is 0 Å². The third-order valence-corrected chi connectivity index (χ3v) is 19.1. The van der Waals surface area contributed by atoms with Gasteiger partial charge in [0.2, 0.25) is 0 Å². The van der Waals surface area contributed by atoms with Crippen molar-refractivity contribution in [3.8, 4) is 0 Å². The number of rotatable bonds is 70. The molecule has 0 aliphatic heterocycles. The van der Waals surface area contributed by atoms with E-state index in [9.17, 15) is 43.2 Å². The van der Waals surface area contributed by atoms with Gasteiger partial charge in [-0.3, -0.25) is 37.3 Å². The highest BCUT2D eigenvalue weighted by Gasteiger charge is 2.30. The Morgan fingerprint density at radius 2 is 0.634 bits per heavy atom. The molecule has 0 aliphatic rings. The van der Waals surface area contributed by atoms with Crippen LogP contribution in [0, 0.1) is 17.8 Å². The fourth-order valence-corrected chi connectivity index (χ4v) is 12.2. The van der Waals surface area contributed by atoms with Gasteiger partial charge in [-0.2, -0.15) is 0 Å². The molecule has 0 heterocycles. The van der Waals surface area contributed by atoms with Crippen LogP contribution in [0.3, 0.4) is 0 Å². The highest BCUT2D eigenvalue weighted by atomic mass is 31.2. The second-order valence-corrected chi connectivity index (χ2v) is 29.9. The van der Waals surface area contributed by atoms with Gasteiger partial charge in [-0.25, -0.2) is 9.13 Å². The number of phosphoric ester groups is 2. The van der Waals surface area contributed by atoms with Gasteiger partial charge < -0.3 is 33.8 Å². The summed E-state index contributed by atoms with van der Waals surface area (Å²) in [5.74, 6) is 0.104. The maximum absolute atomic E-state index is 13.0. The van der Waals surface area contributed by atoms with Crippen molar-refractivity contribution in [1.29, 1.82) is 0 Å². The molecule has 548 valence electrons. The van der Waals surface area contributed by atoms with Gasteiger partial charge in [0.1, 0.15) is 19.3 Å². The van der Waals surface area contributed by atoms with E-state index < -0.39 is 97.5 Å². The smallest absolute Gasteiger partial charge is 0.462 e. The molecule has 7 atom stereocenters. The van der Waals surface area contributed by atoms with E-state index in [0.717, 1.165) is 133 Å². The Hall–Kier alpha value is -2.46. The van der Waals surface area contributed by atoms with Crippen LogP contribution in [0.4, 0.5) is 0 Å². The summed E-state index contributed by atoms with van der Waals surface area (Å²) < 4.78 is 68.4. The Bertz CT molecular complexity index is 1920. The molecule has 0 aromatic rings. The van der Waals surface area contributed by atoms with Crippen LogP contribution in [-0.4, -0.2) is 96.7 Å². The molecule has 0 saturated heterocycles. The summed E-state index contributed by atoms with van der Waals surface area (Å²) in [7, 11) is -9.92. The van der Waals surface area contributed by atoms with Gasteiger partial charge in [-0.1, -0.05) is 297 Å². The van der Waals surface area contributed by atoms with E-state index in [-0.39, 0.29) is 25.7 Å². The normalized spacial score (nSPS) is 14.9. The zero-order valence-electron chi connectivity index (χ0n) is 60.2. The number of aliphatic hydroxyl groups is 1. The van der Waals surface area contributed by atoms with Crippen molar-refractivity contribution in [1.82, 2.24) is 0 Å². The molecule has 0 radical (unpaired) electrons. The van der Waals surface area contributed by atoms with E-state index in [1.807, 2.05) is 0 Å². The van der Waals surface area contributed by atoms with Gasteiger partial charge in [0.05, 0.1) is 26.4 Å². The molecule has 0 spiro atoms. The molecule has 3 N–H and O–H groups in total. The lowest BCUT2D eigenvalue weighted by Crippen LogP contribution is -2.30. The van der Waals surface area contributed by atoms with Crippen molar-refractivity contribution >= 4 is 39.5 Å². The van der Waals surface area contributed by atoms with Crippen LogP contribution in [0.2, 0.25) is 0 Å². The minimum Gasteiger partial charge on any atom is -0.462 e. The molecule has 93 heavy (non-hydrogen) atoms. The summed E-state index contributed by atoms with van der Waals surface area (Å²) in [4.78, 5) is 72.7. The summed E-state index contributed by atoms with van der Waals surface area (Å²) in [6, 6.07) is 0. The number of allylic oxidation sites excluding steroid dienone is 4.